The number of carbonyl (C=O) groups is 1. The summed E-state index contributed by atoms with van der Waals surface area (Å²) in [4.78, 5) is 18.0. The molecular weight excluding hydrogens is 418 g/mol. The molecule has 0 unspecified atom stereocenters. The number of nitrogens with one attached hydrogen (secondary N) is 1. The van der Waals surface area contributed by atoms with Crippen LogP contribution in [0.1, 0.15) is 18.2 Å². The lowest BCUT2D eigenvalue weighted by molar-refractivity contribution is -0.120. The minimum atomic E-state index is -0.0000178. The molecule has 0 fully saturated rings. The highest BCUT2D eigenvalue weighted by molar-refractivity contribution is 7.15. The molecule has 0 radical (unpaired) electrons. The van der Waals surface area contributed by atoms with Crippen molar-refractivity contribution in [1.29, 1.82) is 0 Å². The zero-order chi connectivity index (χ0) is 20.9. The Labute approximate surface area is 184 Å². The maximum absolute atomic E-state index is 12.4. The van der Waals surface area contributed by atoms with Gasteiger partial charge in [0.2, 0.25) is 5.91 Å². The van der Waals surface area contributed by atoms with Crippen molar-refractivity contribution < 1.29 is 9.53 Å². The molecule has 154 valence electrons. The molecule has 0 atom stereocenters. The van der Waals surface area contributed by atoms with Crippen LogP contribution in [-0.2, 0) is 17.6 Å². The van der Waals surface area contributed by atoms with Crippen molar-refractivity contribution in [3.8, 4) is 17.0 Å². The Morgan fingerprint density at radius 3 is 2.67 bits per heavy atom. The lowest BCUT2D eigenvalue weighted by Crippen LogP contribution is -2.27. The molecule has 4 aromatic rings. The number of thiazole rings is 1. The Hall–Kier alpha value is -2.83. The van der Waals surface area contributed by atoms with Crippen LogP contribution >= 0.6 is 22.9 Å². The molecule has 0 aliphatic heterocycles. The molecule has 1 N–H and O–H groups in total. The minimum absolute atomic E-state index is 0.0000178. The average Bonchev–Trinajstić information content (AvgIpc) is 3.32. The monoisotopic (exact) mass is 439 g/mol. The van der Waals surface area contributed by atoms with Crippen LogP contribution in [-0.4, -0.2) is 28.4 Å². The van der Waals surface area contributed by atoms with Crippen molar-refractivity contribution in [3.05, 3.63) is 76.4 Å². The number of hydrogen-bond donors (Lipinski definition) is 1. The summed E-state index contributed by atoms with van der Waals surface area (Å²) in [6, 6.07) is 15.6. The molecular formula is C23H22ClN3O2S. The molecule has 4 rings (SSSR count). The topological polar surface area (TPSA) is 55.6 Å². The van der Waals surface area contributed by atoms with Crippen molar-refractivity contribution >= 4 is 33.8 Å². The van der Waals surface area contributed by atoms with Crippen molar-refractivity contribution in [3.63, 3.8) is 0 Å². The van der Waals surface area contributed by atoms with Gasteiger partial charge in [-0.25, -0.2) is 4.98 Å². The fourth-order valence-electron chi connectivity index (χ4n) is 3.21. The van der Waals surface area contributed by atoms with Gasteiger partial charge in [0.1, 0.15) is 5.75 Å². The lowest BCUT2D eigenvalue weighted by atomic mass is 10.1. The van der Waals surface area contributed by atoms with E-state index in [1.54, 1.807) is 0 Å². The molecule has 0 spiro atoms. The average molecular weight is 440 g/mol. The fourth-order valence-corrected chi connectivity index (χ4v) is 4.21. The highest BCUT2D eigenvalue weighted by Gasteiger charge is 2.12. The van der Waals surface area contributed by atoms with E-state index < -0.39 is 0 Å². The Bertz CT molecular complexity index is 1130. The number of nitrogens with zero attached hydrogens (tertiary/aromatic N) is 2. The number of fused-ring (bicyclic) bond motifs is 1. The van der Waals surface area contributed by atoms with Gasteiger partial charge in [0, 0.05) is 34.4 Å². The number of halogens is 1. The number of imidazole rings is 1. The Kier molecular flexibility index (Phi) is 6.35. The summed E-state index contributed by atoms with van der Waals surface area (Å²) in [5, 5.41) is 5.70. The fraction of sp³-hybridized carbons (Fsp3) is 0.217. The first kappa shape index (κ1) is 20.4. The molecule has 5 nitrogen and oxygen atoms in total. The summed E-state index contributed by atoms with van der Waals surface area (Å²) in [5.41, 5.74) is 3.98. The second-order valence-corrected chi connectivity index (χ2v) is 8.14. The third kappa shape index (κ3) is 4.83. The summed E-state index contributed by atoms with van der Waals surface area (Å²) >= 11 is 7.44. The van der Waals surface area contributed by atoms with Crippen molar-refractivity contribution in [2.24, 2.45) is 0 Å². The van der Waals surface area contributed by atoms with E-state index in [2.05, 4.69) is 5.32 Å². The second kappa shape index (κ2) is 9.32. The van der Waals surface area contributed by atoms with Crippen LogP contribution in [0.25, 0.3) is 16.2 Å². The van der Waals surface area contributed by atoms with Gasteiger partial charge in [-0.15, -0.1) is 11.3 Å². The van der Waals surface area contributed by atoms with Gasteiger partial charge in [0.05, 0.1) is 18.7 Å². The molecule has 2 aromatic carbocycles. The van der Waals surface area contributed by atoms with Crippen LogP contribution in [0, 0.1) is 0 Å². The summed E-state index contributed by atoms with van der Waals surface area (Å²) in [5.74, 6) is 0.846. The molecule has 2 aromatic heterocycles. The van der Waals surface area contributed by atoms with E-state index in [0.717, 1.165) is 39.6 Å². The molecule has 30 heavy (non-hydrogen) atoms. The number of aromatic nitrogens is 2. The van der Waals surface area contributed by atoms with Crippen molar-refractivity contribution in [2.45, 2.75) is 19.8 Å². The summed E-state index contributed by atoms with van der Waals surface area (Å²) in [6.45, 7) is 3.20. The first-order valence-electron chi connectivity index (χ1n) is 9.82. The maximum Gasteiger partial charge on any atom is 0.225 e. The highest BCUT2D eigenvalue weighted by Crippen LogP contribution is 2.25. The summed E-state index contributed by atoms with van der Waals surface area (Å²) in [6.07, 6.45) is 3.08. The third-order valence-electron chi connectivity index (χ3n) is 4.74. The smallest absolute Gasteiger partial charge is 0.225 e. The molecule has 0 aliphatic rings. The molecule has 0 bridgehead atoms. The zero-order valence-corrected chi connectivity index (χ0v) is 18.2. The quantitative estimate of drug-likeness (QED) is 0.419. The standard InChI is InChI=1S/C23H22ClN3O2S/c1-2-29-20-9-5-17(6-10-20)21-14-27-19(15-30-23(27)26-21)13-22(28)25-12-11-16-3-7-18(24)8-4-16/h3-10,14-15H,2,11-13H2,1H3,(H,25,28). The number of carbonyl (C=O) groups excluding carboxylic acids is 1. The van der Waals surface area contributed by atoms with Crippen LogP contribution in [0.15, 0.2) is 60.1 Å². The van der Waals surface area contributed by atoms with Gasteiger partial charge in [-0.05, 0) is 55.3 Å². The van der Waals surface area contributed by atoms with Crippen LogP contribution in [0.3, 0.4) is 0 Å². The summed E-state index contributed by atoms with van der Waals surface area (Å²) in [7, 11) is 0. The largest absolute Gasteiger partial charge is 0.494 e. The SMILES string of the molecule is CCOc1ccc(-c2cn3c(CC(=O)NCCc4ccc(Cl)cc4)csc3n2)cc1. The highest BCUT2D eigenvalue weighted by atomic mass is 35.5. The van der Waals surface area contributed by atoms with E-state index in [1.165, 1.54) is 11.3 Å². The van der Waals surface area contributed by atoms with Crippen LogP contribution in [0.2, 0.25) is 5.02 Å². The molecule has 0 aliphatic carbocycles. The predicted octanol–water partition coefficient (Wildman–Crippen LogP) is 5.02. The van der Waals surface area contributed by atoms with Crippen molar-refractivity contribution in [2.75, 3.05) is 13.2 Å². The number of benzene rings is 2. The van der Waals surface area contributed by atoms with E-state index in [1.807, 2.05) is 71.4 Å². The third-order valence-corrected chi connectivity index (χ3v) is 5.88. The number of hydrogen-bond acceptors (Lipinski definition) is 4. The van der Waals surface area contributed by atoms with Crippen molar-refractivity contribution in [1.82, 2.24) is 14.7 Å². The van der Waals surface area contributed by atoms with Crippen LogP contribution in [0.4, 0.5) is 0 Å². The van der Waals surface area contributed by atoms with E-state index in [9.17, 15) is 4.79 Å². The van der Waals surface area contributed by atoms with Gasteiger partial charge < -0.3 is 10.1 Å². The molecule has 0 saturated heterocycles. The number of amides is 1. The van der Waals surface area contributed by atoms with Crippen LogP contribution in [0.5, 0.6) is 5.75 Å². The van der Waals surface area contributed by atoms with Gasteiger partial charge in [0.25, 0.3) is 0 Å². The van der Waals surface area contributed by atoms with Crippen LogP contribution < -0.4 is 10.1 Å². The normalized spacial score (nSPS) is 11.0. The van der Waals surface area contributed by atoms with Gasteiger partial charge in [-0.1, -0.05) is 23.7 Å². The van der Waals surface area contributed by atoms with E-state index in [4.69, 9.17) is 21.3 Å². The zero-order valence-electron chi connectivity index (χ0n) is 16.6. The molecule has 7 heteroatoms. The lowest BCUT2D eigenvalue weighted by Gasteiger charge is -2.05. The molecule has 1 amide bonds. The Morgan fingerprint density at radius 2 is 1.93 bits per heavy atom. The summed E-state index contributed by atoms with van der Waals surface area (Å²) < 4.78 is 7.49. The second-order valence-electron chi connectivity index (χ2n) is 6.87. The van der Waals surface area contributed by atoms with Gasteiger partial charge in [0.15, 0.2) is 4.96 Å². The van der Waals surface area contributed by atoms with Gasteiger partial charge in [-0.2, -0.15) is 0 Å². The minimum Gasteiger partial charge on any atom is -0.494 e. The number of rotatable bonds is 8. The predicted molar refractivity (Wildman–Crippen MR) is 122 cm³/mol. The Balaban J connectivity index is 1.38. The van der Waals surface area contributed by atoms with E-state index >= 15 is 0 Å². The van der Waals surface area contributed by atoms with Gasteiger partial charge >= 0.3 is 0 Å². The molecule has 0 saturated carbocycles. The van der Waals surface area contributed by atoms with E-state index in [-0.39, 0.29) is 5.91 Å². The van der Waals surface area contributed by atoms with Gasteiger partial charge in [-0.3, -0.25) is 9.20 Å². The van der Waals surface area contributed by atoms with E-state index in [0.29, 0.717) is 24.6 Å². The maximum atomic E-state index is 12.4. The first-order valence-corrected chi connectivity index (χ1v) is 11.1. The number of ether oxygens (including phenoxy) is 1. The first-order chi connectivity index (χ1) is 14.6. The molecule has 2 heterocycles. The Morgan fingerprint density at radius 1 is 1.17 bits per heavy atom.